The van der Waals surface area contributed by atoms with Crippen molar-refractivity contribution in [3.8, 4) is 0 Å². The van der Waals surface area contributed by atoms with Gasteiger partial charge >= 0.3 is 0 Å². The highest BCUT2D eigenvalue weighted by atomic mass is 16.2. The number of hydrogen-bond acceptors (Lipinski definition) is 3. The van der Waals surface area contributed by atoms with E-state index in [4.69, 9.17) is 0 Å². The van der Waals surface area contributed by atoms with Crippen LogP contribution in [-0.4, -0.2) is 62.0 Å². The van der Waals surface area contributed by atoms with Gasteiger partial charge in [-0.25, -0.2) is 0 Å². The summed E-state index contributed by atoms with van der Waals surface area (Å²) in [5, 5.41) is 3.43. The van der Waals surface area contributed by atoms with Crippen LogP contribution in [0.15, 0.2) is 0 Å². The lowest BCUT2D eigenvalue weighted by molar-refractivity contribution is -0.130. The van der Waals surface area contributed by atoms with Gasteiger partial charge in [0.25, 0.3) is 0 Å². The SMILES string of the molecule is CCN(C)CCC1CCC(C(=O)N(C)C)N1. The van der Waals surface area contributed by atoms with Crippen molar-refractivity contribution in [2.45, 2.75) is 38.3 Å². The van der Waals surface area contributed by atoms with E-state index in [9.17, 15) is 4.79 Å². The zero-order valence-corrected chi connectivity index (χ0v) is 11.0. The highest BCUT2D eigenvalue weighted by Crippen LogP contribution is 2.16. The van der Waals surface area contributed by atoms with E-state index in [1.54, 1.807) is 4.90 Å². The molecule has 0 aliphatic carbocycles. The van der Waals surface area contributed by atoms with Crippen molar-refractivity contribution in [3.05, 3.63) is 0 Å². The summed E-state index contributed by atoms with van der Waals surface area (Å²) in [7, 11) is 5.78. The van der Waals surface area contributed by atoms with Crippen LogP contribution in [0, 0.1) is 0 Å². The van der Waals surface area contributed by atoms with Gasteiger partial charge in [-0.05, 0) is 39.4 Å². The van der Waals surface area contributed by atoms with Crippen molar-refractivity contribution in [1.82, 2.24) is 15.1 Å². The number of hydrogen-bond donors (Lipinski definition) is 1. The zero-order valence-electron chi connectivity index (χ0n) is 11.0. The van der Waals surface area contributed by atoms with Gasteiger partial charge in [0.1, 0.15) is 0 Å². The number of rotatable bonds is 5. The molecule has 1 rings (SSSR count). The van der Waals surface area contributed by atoms with Gasteiger partial charge in [0.05, 0.1) is 6.04 Å². The van der Waals surface area contributed by atoms with Crippen LogP contribution in [-0.2, 0) is 4.79 Å². The van der Waals surface area contributed by atoms with Crippen molar-refractivity contribution in [3.63, 3.8) is 0 Å². The molecule has 2 atom stereocenters. The third-order valence-electron chi connectivity index (χ3n) is 3.38. The maximum absolute atomic E-state index is 11.7. The molecule has 0 aromatic rings. The Kier molecular flexibility index (Phi) is 5.22. The Hall–Kier alpha value is -0.610. The van der Waals surface area contributed by atoms with E-state index in [-0.39, 0.29) is 11.9 Å². The lowest BCUT2D eigenvalue weighted by atomic mass is 10.1. The van der Waals surface area contributed by atoms with Crippen LogP contribution in [0.3, 0.4) is 0 Å². The molecule has 0 spiro atoms. The van der Waals surface area contributed by atoms with Crippen LogP contribution in [0.25, 0.3) is 0 Å². The zero-order chi connectivity index (χ0) is 12.1. The number of amides is 1. The Morgan fingerprint density at radius 2 is 2.00 bits per heavy atom. The van der Waals surface area contributed by atoms with Crippen LogP contribution in [0.2, 0.25) is 0 Å². The Balaban J connectivity index is 2.27. The van der Waals surface area contributed by atoms with Gasteiger partial charge in [-0.3, -0.25) is 4.79 Å². The fourth-order valence-corrected chi connectivity index (χ4v) is 2.09. The molecule has 0 saturated carbocycles. The van der Waals surface area contributed by atoms with Gasteiger partial charge in [0.15, 0.2) is 0 Å². The van der Waals surface area contributed by atoms with Crippen LogP contribution >= 0.6 is 0 Å². The van der Waals surface area contributed by atoms with Crippen LogP contribution < -0.4 is 5.32 Å². The van der Waals surface area contributed by atoms with Gasteiger partial charge in [0, 0.05) is 20.1 Å². The maximum atomic E-state index is 11.7. The van der Waals surface area contributed by atoms with E-state index >= 15 is 0 Å². The lowest BCUT2D eigenvalue weighted by Gasteiger charge is -2.19. The fourth-order valence-electron chi connectivity index (χ4n) is 2.09. The largest absolute Gasteiger partial charge is 0.347 e. The Morgan fingerprint density at radius 1 is 1.31 bits per heavy atom. The summed E-state index contributed by atoms with van der Waals surface area (Å²) in [5.41, 5.74) is 0. The summed E-state index contributed by atoms with van der Waals surface area (Å²) in [5.74, 6) is 0.214. The molecule has 1 N–H and O–H groups in total. The summed E-state index contributed by atoms with van der Waals surface area (Å²) in [6, 6.07) is 0.565. The van der Waals surface area contributed by atoms with Crippen molar-refractivity contribution in [2.24, 2.45) is 0 Å². The topological polar surface area (TPSA) is 35.6 Å². The van der Waals surface area contributed by atoms with Crippen molar-refractivity contribution in [1.29, 1.82) is 0 Å². The lowest BCUT2D eigenvalue weighted by Crippen LogP contribution is -2.42. The number of carbonyl (C=O) groups is 1. The predicted octanol–water partition coefficient (Wildman–Crippen LogP) is 0.537. The van der Waals surface area contributed by atoms with E-state index in [2.05, 4.69) is 24.2 Å². The highest BCUT2D eigenvalue weighted by Gasteiger charge is 2.29. The first-order valence-electron chi connectivity index (χ1n) is 6.20. The molecule has 0 radical (unpaired) electrons. The minimum atomic E-state index is 0.0481. The number of nitrogens with one attached hydrogen (secondary N) is 1. The van der Waals surface area contributed by atoms with Gasteiger partial charge in [-0.15, -0.1) is 0 Å². The van der Waals surface area contributed by atoms with Gasteiger partial charge in [-0.2, -0.15) is 0 Å². The van der Waals surface area contributed by atoms with E-state index in [0.717, 1.165) is 32.4 Å². The summed E-state index contributed by atoms with van der Waals surface area (Å²) in [6.07, 6.45) is 3.25. The molecule has 1 aliphatic heterocycles. The average molecular weight is 227 g/mol. The average Bonchev–Trinajstić information content (AvgIpc) is 2.73. The molecular formula is C12H25N3O. The van der Waals surface area contributed by atoms with Crippen molar-refractivity contribution in [2.75, 3.05) is 34.2 Å². The minimum absolute atomic E-state index is 0.0481. The molecule has 1 saturated heterocycles. The molecule has 4 nitrogen and oxygen atoms in total. The second kappa shape index (κ2) is 6.21. The normalized spacial score (nSPS) is 25.1. The number of carbonyl (C=O) groups excluding carboxylic acids is 1. The van der Waals surface area contributed by atoms with Crippen molar-refractivity contribution < 1.29 is 4.79 Å². The standard InChI is InChI=1S/C12H25N3O/c1-5-15(4)9-8-10-6-7-11(13-10)12(16)14(2)3/h10-11,13H,5-9H2,1-4H3. The van der Waals surface area contributed by atoms with Crippen LogP contribution in [0.1, 0.15) is 26.2 Å². The smallest absolute Gasteiger partial charge is 0.239 e. The molecule has 0 aromatic heterocycles. The minimum Gasteiger partial charge on any atom is -0.347 e. The molecule has 0 aromatic carbocycles. The first-order valence-corrected chi connectivity index (χ1v) is 6.20. The molecular weight excluding hydrogens is 202 g/mol. The second-order valence-corrected chi connectivity index (χ2v) is 4.91. The quantitative estimate of drug-likeness (QED) is 0.744. The second-order valence-electron chi connectivity index (χ2n) is 4.91. The highest BCUT2D eigenvalue weighted by molar-refractivity contribution is 5.81. The number of nitrogens with zero attached hydrogens (tertiary/aromatic N) is 2. The molecule has 1 fully saturated rings. The van der Waals surface area contributed by atoms with Gasteiger partial charge < -0.3 is 15.1 Å². The van der Waals surface area contributed by atoms with E-state index in [0.29, 0.717) is 6.04 Å². The third-order valence-corrected chi connectivity index (χ3v) is 3.38. The fraction of sp³-hybridized carbons (Fsp3) is 0.917. The van der Waals surface area contributed by atoms with Crippen LogP contribution in [0.4, 0.5) is 0 Å². The Morgan fingerprint density at radius 3 is 2.56 bits per heavy atom. The summed E-state index contributed by atoms with van der Waals surface area (Å²) < 4.78 is 0. The predicted molar refractivity (Wildman–Crippen MR) is 66.4 cm³/mol. The monoisotopic (exact) mass is 227 g/mol. The third kappa shape index (κ3) is 3.76. The van der Waals surface area contributed by atoms with Gasteiger partial charge in [0.2, 0.25) is 5.91 Å². The molecule has 2 unspecified atom stereocenters. The summed E-state index contributed by atoms with van der Waals surface area (Å²) in [4.78, 5) is 15.7. The molecule has 1 amide bonds. The maximum Gasteiger partial charge on any atom is 0.239 e. The van der Waals surface area contributed by atoms with E-state index in [1.165, 1.54) is 0 Å². The number of likely N-dealkylation sites (N-methyl/N-ethyl adjacent to an activating group) is 1. The summed E-state index contributed by atoms with van der Waals surface area (Å²) in [6.45, 7) is 4.37. The summed E-state index contributed by atoms with van der Waals surface area (Å²) >= 11 is 0. The molecule has 16 heavy (non-hydrogen) atoms. The molecule has 4 heteroatoms. The van der Waals surface area contributed by atoms with Crippen molar-refractivity contribution >= 4 is 5.91 Å². The Bertz CT molecular complexity index is 230. The van der Waals surface area contributed by atoms with E-state index in [1.807, 2.05) is 14.1 Å². The molecule has 1 aliphatic rings. The van der Waals surface area contributed by atoms with Crippen LogP contribution in [0.5, 0.6) is 0 Å². The molecule has 0 bridgehead atoms. The van der Waals surface area contributed by atoms with Gasteiger partial charge in [-0.1, -0.05) is 6.92 Å². The Labute approximate surface area is 99.0 Å². The first-order chi connectivity index (χ1) is 7.54. The van der Waals surface area contributed by atoms with E-state index < -0.39 is 0 Å². The molecule has 94 valence electrons. The molecule has 1 heterocycles. The first kappa shape index (κ1) is 13.5.